The molecule has 0 unspecified atom stereocenters. The summed E-state index contributed by atoms with van der Waals surface area (Å²) in [7, 11) is 0. The number of carbonyl (C=O) groups is 3. The Labute approximate surface area is 216 Å². The van der Waals surface area contributed by atoms with Crippen molar-refractivity contribution in [2.24, 2.45) is 0 Å². The van der Waals surface area contributed by atoms with E-state index in [1.165, 1.54) is 0 Å². The third-order valence-corrected chi connectivity index (χ3v) is 6.31. The number of carbonyl (C=O) groups excluding carboxylic acids is 3. The quantitative estimate of drug-likeness (QED) is 0.518. The highest BCUT2D eigenvalue weighted by Crippen LogP contribution is 2.19. The van der Waals surface area contributed by atoms with Gasteiger partial charge in [0, 0.05) is 31.7 Å². The van der Waals surface area contributed by atoms with E-state index in [9.17, 15) is 19.5 Å². The van der Waals surface area contributed by atoms with Crippen molar-refractivity contribution >= 4 is 17.9 Å². The highest BCUT2D eigenvalue weighted by molar-refractivity contribution is 5.98. The van der Waals surface area contributed by atoms with Gasteiger partial charge in [0.15, 0.2) is 0 Å². The van der Waals surface area contributed by atoms with E-state index in [0.717, 1.165) is 16.7 Å². The van der Waals surface area contributed by atoms with E-state index in [-0.39, 0.29) is 19.1 Å². The van der Waals surface area contributed by atoms with Gasteiger partial charge >= 0.3 is 6.09 Å². The second kappa shape index (κ2) is 12.7. The van der Waals surface area contributed by atoms with Gasteiger partial charge in [0.25, 0.3) is 5.91 Å². The first-order valence-electron chi connectivity index (χ1n) is 12.4. The number of hydrogen-bond acceptors (Lipinski definition) is 5. The number of rotatable bonds is 7. The lowest BCUT2D eigenvalue weighted by atomic mass is 10.0. The van der Waals surface area contributed by atoms with Gasteiger partial charge in [-0.1, -0.05) is 72.8 Å². The maximum atomic E-state index is 13.1. The molecule has 0 bridgehead atoms. The van der Waals surface area contributed by atoms with E-state index in [1.54, 1.807) is 21.9 Å². The second-order valence-electron chi connectivity index (χ2n) is 8.86. The fourth-order valence-corrected chi connectivity index (χ4v) is 4.22. The van der Waals surface area contributed by atoms with E-state index in [4.69, 9.17) is 4.74 Å². The molecule has 37 heavy (non-hydrogen) atoms. The molecule has 0 saturated carbocycles. The van der Waals surface area contributed by atoms with Gasteiger partial charge in [-0.25, -0.2) is 4.79 Å². The largest absolute Gasteiger partial charge is 0.445 e. The van der Waals surface area contributed by atoms with E-state index in [1.807, 2.05) is 72.8 Å². The molecule has 3 aromatic rings. The van der Waals surface area contributed by atoms with Crippen LogP contribution in [-0.4, -0.2) is 71.6 Å². The van der Waals surface area contributed by atoms with Gasteiger partial charge in [0.1, 0.15) is 12.6 Å². The predicted molar refractivity (Wildman–Crippen MR) is 140 cm³/mol. The van der Waals surface area contributed by atoms with Crippen LogP contribution in [0.25, 0.3) is 11.1 Å². The minimum absolute atomic E-state index is 0.184. The molecule has 0 spiro atoms. The van der Waals surface area contributed by atoms with Crippen LogP contribution in [-0.2, 0) is 16.1 Å². The van der Waals surface area contributed by atoms with Crippen molar-refractivity contribution in [3.05, 3.63) is 96.1 Å². The minimum atomic E-state index is -1.07. The van der Waals surface area contributed by atoms with Crippen LogP contribution < -0.4 is 5.32 Å². The highest BCUT2D eigenvalue weighted by atomic mass is 16.6. The molecule has 1 aliphatic heterocycles. The Kier molecular flexibility index (Phi) is 8.89. The number of ether oxygens (including phenoxy) is 1. The summed E-state index contributed by atoms with van der Waals surface area (Å²) in [5.74, 6) is -0.816. The van der Waals surface area contributed by atoms with Gasteiger partial charge in [0.05, 0.1) is 6.61 Å². The summed E-state index contributed by atoms with van der Waals surface area (Å²) in [6.07, 6.45) is 0.142. The van der Waals surface area contributed by atoms with E-state index in [0.29, 0.717) is 31.6 Å². The van der Waals surface area contributed by atoms with Crippen molar-refractivity contribution in [3.8, 4) is 11.1 Å². The summed E-state index contributed by atoms with van der Waals surface area (Å²) in [6, 6.07) is 25.3. The van der Waals surface area contributed by atoms with Crippen LogP contribution in [0.5, 0.6) is 0 Å². The van der Waals surface area contributed by atoms with Crippen LogP contribution in [0.4, 0.5) is 4.79 Å². The van der Waals surface area contributed by atoms with E-state index >= 15 is 0 Å². The molecule has 1 aliphatic rings. The van der Waals surface area contributed by atoms with Crippen LogP contribution in [0, 0.1) is 0 Å². The summed E-state index contributed by atoms with van der Waals surface area (Å²) in [4.78, 5) is 41.5. The maximum absolute atomic E-state index is 13.1. The van der Waals surface area contributed by atoms with Crippen molar-refractivity contribution in [1.82, 2.24) is 15.1 Å². The summed E-state index contributed by atoms with van der Waals surface area (Å²) < 4.78 is 5.41. The normalized spacial score (nSPS) is 14.4. The molecule has 8 heteroatoms. The molecule has 8 nitrogen and oxygen atoms in total. The molecule has 0 aliphatic carbocycles. The standard InChI is InChI=1S/C29H31N3O5/c33-20-26(30-27(34)25-14-12-24(13-15-25)23-10-5-2-6-11-23)28(35)31-16-7-17-32(19-18-31)29(36)37-21-22-8-3-1-4-9-22/h1-6,8-15,26,33H,7,16-21H2,(H,30,34)/t26-/m0/s1. The Morgan fingerprint density at radius 3 is 2.05 bits per heavy atom. The average molecular weight is 502 g/mol. The van der Waals surface area contributed by atoms with Crippen molar-refractivity contribution in [3.63, 3.8) is 0 Å². The first-order valence-corrected chi connectivity index (χ1v) is 12.4. The molecule has 1 saturated heterocycles. The lowest BCUT2D eigenvalue weighted by Crippen LogP contribution is -2.51. The minimum Gasteiger partial charge on any atom is -0.445 e. The van der Waals surface area contributed by atoms with E-state index < -0.39 is 24.6 Å². The number of nitrogens with one attached hydrogen (secondary N) is 1. The highest BCUT2D eigenvalue weighted by Gasteiger charge is 2.28. The molecule has 1 atom stereocenters. The smallest absolute Gasteiger partial charge is 0.410 e. The molecule has 3 aromatic carbocycles. The molecular formula is C29H31N3O5. The van der Waals surface area contributed by atoms with Crippen LogP contribution in [0.2, 0.25) is 0 Å². The van der Waals surface area contributed by atoms with Crippen molar-refractivity contribution in [1.29, 1.82) is 0 Å². The zero-order valence-electron chi connectivity index (χ0n) is 20.6. The first-order chi connectivity index (χ1) is 18.0. The van der Waals surface area contributed by atoms with Gasteiger partial charge in [0.2, 0.25) is 5.91 Å². The molecule has 3 amide bonds. The SMILES string of the molecule is O=C(N[C@@H](CO)C(=O)N1CCCN(C(=O)OCc2ccccc2)CC1)c1ccc(-c2ccccc2)cc1. The Morgan fingerprint density at radius 1 is 0.784 bits per heavy atom. The first kappa shape index (κ1) is 25.9. The Morgan fingerprint density at radius 2 is 1.38 bits per heavy atom. The predicted octanol–water partition coefficient (Wildman–Crippen LogP) is 3.32. The van der Waals surface area contributed by atoms with E-state index in [2.05, 4.69) is 5.32 Å². The zero-order valence-corrected chi connectivity index (χ0v) is 20.6. The van der Waals surface area contributed by atoms with Crippen molar-refractivity contribution in [2.75, 3.05) is 32.8 Å². The fraction of sp³-hybridized carbons (Fsp3) is 0.276. The molecule has 1 fully saturated rings. The van der Waals surface area contributed by atoms with Crippen LogP contribution in [0.1, 0.15) is 22.3 Å². The number of hydrogen-bond donors (Lipinski definition) is 2. The van der Waals surface area contributed by atoms with Gasteiger partial charge in [-0.15, -0.1) is 0 Å². The lowest BCUT2D eigenvalue weighted by molar-refractivity contribution is -0.134. The molecular weight excluding hydrogens is 470 g/mol. The average Bonchev–Trinajstić information content (AvgIpc) is 3.22. The van der Waals surface area contributed by atoms with Gasteiger partial charge in [-0.3, -0.25) is 9.59 Å². The molecule has 0 aromatic heterocycles. The third kappa shape index (κ3) is 6.95. The van der Waals surface area contributed by atoms with Crippen LogP contribution in [0.3, 0.4) is 0 Å². The summed E-state index contributed by atoms with van der Waals surface area (Å²) in [5.41, 5.74) is 3.31. The monoisotopic (exact) mass is 501 g/mol. The zero-order chi connectivity index (χ0) is 26.0. The number of aliphatic hydroxyl groups excluding tert-OH is 1. The summed E-state index contributed by atoms with van der Waals surface area (Å²) in [5, 5.41) is 12.5. The van der Waals surface area contributed by atoms with Gasteiger partial charge in [-0.2, -0.15) is 0 Å². The van der Waals surface area contributed by atoms with Crippen LogP contribution in [0.15, 0.2) is 84.9 Å². The molecule has 4 rings (SSSR count). The fourth-order valence-electron chi connectivity index (χ4n) is 4.22. The topological polar surface area (TPSA) is 99.2 Å². The molecule has 192 valence electrons. The summed E-state index contributed by atoms with van der Waals surface area (Å²) >= 11 is 0. The Bertz CT molecular complexity index is 1190. The Hall–Kier alpha value is -4.17. The van der Waals surface area contributed by atoms with Gasteiger partial charge < -0.3 is 25.0 Å². The molecule has 2 N–H and O–H groups in total. The third-order valence-electron chi connectivity index (χ3n) is 6.31. The summed E-state index contributed by atoms with van der Waals surface area (Å²) in [6.45, 7) is 1.14. The number of amides is 3. The number of nitrogens with zero attached hydrogens (tertiary/aromatic N) is 2. The number of benzene rings is 3. The number of aliphatic hydroxyl groups is 1. The van der Waals surface area contributed by atoms with Crippen molar-refractivity contribution < 1.29 is 24.2 Å². The lowest BCUT2D eigenvalue weighted by Gasteiger charge is -2.26. The van der Waals surface area contributed by atoms with Crippen LogP contribution >= 0.6 is 0 Å². The van der Waals surface area contributed by atoms with Crippen molar-refractivity contribution in [2.45, 2.75) is 19.1 Å². The second-order valence-corrected chi connectivity index (χ2v) is 8.86. The maximum Gasteiger partial charge on any atom is 0.410 e. The molecule has 1 heterocycles. The van der Waals surface area contributed by atoms with Gasteiger partial charge in [-0.05, 0) is 35.2 Å². The Balaban J connectivity index is 1.30. The molecule has 0 radical (unpaired) electrons.